The van der Waals surface area contributed by atoms with Gasteiger partial charge in [0.25, 0.3) is 5.91 Å². The number of hydrogen-bond donors (Lipinski definition) is 1. The molecule has 0 bridgehead atoms. The van der Waals surface area contributed by atoms with Crippen molar-refractivity contribution < 1.29 is 9.18 Å². The molecular formula is C18H14FN3OS. The summed E-state index contributed by atoms with van der Waals surface area (Å²) in [6.07, 6.45) is 0. The van der Waals surface area contributed by atoms with Crippen LogP contribution in [-0.4, -0.2) is 15.7 Å². The molecule has 1 aliphatic heterocycles. The number of rotatable bonds is 3. The van der Waals surface area contributed by atoms with E-state index in [-0.39, 0.29) is 11.7 Å². The van der Waals surface area contributed by atoms with Crippen LogP contribution in [0.25, 0.3) is 5.69 Å². The van der Waals surface area contributed by atoms with E-state index in [2.05, 4.69) is 10.4 Å². The molecule has 4 nitrogen and oxygen atoms in total. The summed E-state index contributed by atoms with van der Waals surface area (Å²) in [6.45, 7) is 0. The Hall–Kier alpha value is -2.60. The molecule has 0 unspecified atom stereocenters. The lowest BCUT2D eigenvalue weighted by atomic mass is 10.2. The number of carbonyl (C=O) groups excluding carboxylic acids is 1. The van der Waals surface area contributed by atoms with Gasteiger partial charge in [-0.25, -0.2) is 9.07 Å². The summed E-state index contributed by atoms with van der Waals surface area (Å²) in [6, 6.07) is 15.1. The number of amides is 1. The van der Waals surface area contributed by atoms with E-state index in [1.807, 2.05) is 18.2 Å². The average Bonchev–Trinajstić information content (AvgIpc) is 3.19. The van der Waals surface area contributed by atoms with Crippen LogP contribution < -0.4 is 5.32 Å². The third-order valence-corrected chi connectivity index (χ3v) is 4.86. The Morgan fingerprint density at radius 2 is 1.83 bits per heavy atom. The lowest BCUT2D eigenvalue weighted by molar-refractivity contribution is 0.102. The predicted octanol–water partition coefficient (Wildman–Crippen LogP) is 4.01. The minimum Gasteiger partial charge on any atom is -0.306 e. The Bertz CT molecular complexity index is 891. The molecule has 0 atom stereocenters. The van der Waals surface area contributed by atoms with E-state index in [0.29, 0.717) is 11.4 Å². The molecule has 1 amide bonds. The highest BCUT2D eigenvalue weighted by Gasteiger charge is 2.25. The van der Waals surface area contributed by atoms with Crippen molar-refractivity contribution in [2.75, 3.05) is 5.32 Å². The predicted molar refractivity (Wildman–Crippen MR) is 92.9 cm³/mol. The topological polar surface area (TPSA) is 46.9 Å². The van der Waals surface area contributed by atoms with Gasteiger partial charge in [-0.2, -0.15) is 16.9 Å². The molecule has 3 aromatic rings. The molecule has 24 heavy (non-hydrogen) atoms. The molecule has 1 aromatic heterocycles. The van der Waals surface area contributed by atoms with Crippen LogP contribution in [0.5, 0.6) is 0 Å². The number of thioether (sulfide) groups is 1. The molecule has 0 spiro atoms. The molecule has 6 heteroatoms. The highest BCUT2D eigenvalue weighted by Crippen LogP contribution is 2.36. The second kappa shape index (κ2) is 6.13. The van der Waals surface area contributed by atoms with Gasteiger partial charge in [0.2, 0.25) is 0 Å². The Kier molecular flexibility index (Phi) is 3.82. The van der Waals surface area contributed by atoms with Gasteiger partial charge in [-0.1, -0.05) is 18.2 Å². The summed E-state index contributed by atoms with van der Waals surface area (Å²) in [5, 5.41) is 7.57. The third kappa shape index (κ3) is 2.69. The fraction of sp³-hybridized carbons (Fsp3) is 0.111. The fourth-order valence-corrected chi connectivity index (χ4v) is 3.71. The van der Waals surface area contributed by atoms with Gasteiger partial charge in [-0.3, -0.25) is 4.79 Å². The Labute approximate surface area is 142 Å². The van der Waals surface area contributed by atoms with Crippen LogP contribution in [0.4, 0.5) is 10.2 Å². The van der Waals surface area contributed by atoms with Gasteiger partial charge < -0.3 is 5.32 Å². The summed E-state index contributed by atoms with van der Waals surface area (Å²) in [5.74, 6) is 1.80. The summed E-state index contributed by atoms with van der Waals surface area (Å²) in [7, 11) is 0. The molecule has 0 radical (unpaired) electrons. The maximum Gasteiger partial charge on any atom is 0.256 e. The second-order valence-electron chi connectivity index (χ2n) is 5.48. The number of hydrogen-bond acceptors (Lipinski definition) is 3. The van der Waals surface area contributed by atoms with Crippen molar-refractivity contribution in [1.82, 2.24) is 9.78 Å². The molecule has 2 aromatic carbocycles. The Morgan fingerprint density at radius 3 is 2.58 bits per heavy atom. The van der Waals surface area contributed by atoms with E-state index in [0.717, 1.165) is 28.5 Å². The SMILES string of the molecule is O=C(Nc1c2c(nn1-c1ccc(F)cc1)CSC2)c1ccccc1. The highest BCUT2D eigenvalue weighted by molar-refractivity contribution is 7.98. The summed E-state index contributed by atoms with van der Waals surface area (Å²) >= 11 is 1.77. The van der Waals surface area contributed by atoms with E-state index in [9.17, 15) is 9.18 Å². The number of nitrogens with zero attached hydrogens (tertiary/aromatic N) is 2. The number of aromatic nitrogens is 2. The van der Waals surface area contributed by atoms with Crippen LogP contribution in [0.1, 0.15) is 21.6 Å². The normalized spacial score (nSPS) is 12.9. The van der Waals surface area contributed by atoms with Crippen LogP contribution in [0.3, 0.4) is 0 Å². The summed E-state index contributed by atoms with van der Waals surface area (Å²) in [5.41, 5.74) is 3.31. The lowest BCUT2D eigenvalue weighted by Crippen LogP contribution is -2.16. The monoisotopic (exact) mass is 339 g/mol. The molecular weight excluding hydrogens is 325 g/mol. The maximum absolute atomic E-state index is 13.2. The first-order chi connectivity index (χ1) is 11.7. The smallest absolute Gasteiger partial charge is 0.256 e. The average molecular weight is 339 g/mol. The molecule has 0 fully saturated rings. The van der Waals surface area contributed by atoms with Crippen LogP contribution in [0, 0.1) is 5.82 Å². The third-order valence-electron chi connectivity index (χ3n) is 3.89. The van der Waals surface area contributed by atoms with Crippen LogP contribution in [-0.2, 0) is 11.5 Å². The molecule has 120 valence electrons. The van der Waals surface area contributed by atoms with E-state index in [4.69, 9.17) is 0 Å². The maximum atomic E-state index is 13.2. The number of halogens is 1. The molecule has 1 N–H and O–H groups in total. The zero-order chi connectivity index (χ0) is 16.5. The first-order valence-electron chi connectivity index (χ1n) is 7.53. The summed E-state index contributed by atoms with van der Waals surface area (Å²) < 4.78 is 14.9. The van der Waals surface area contributed by atoms with Crippen molar-refractivity contribution in [2.24, 2.45) is 0 Å². The molecule has 0 aliphatic carbocycles. The molecule has 2 heterocycles. The largest absolute Gasteiger partial charge is 0.306 e. The first-order valence-corrected chi connectivity index (χ1v) is 8.69. The van der Waals surface area contributed by atoms with Crippen molar-refractivity contribution in [1.29, 1.82) is 0 Å². The van der Waals surface area contributed by atoms with Gasteiger partial charge in [0.15, 0.2) is 0 Å². The van der Waals surface area contributed by atoms with Gasteiger partial charge in [0.05, 0.1) is 11.4 Å². The van der Waals surface area contributed by atoms with Gasteiger partial charge in [-0.15, -0.1) is 0 Å². The van der Waals surface area contributed by atoms with Gasteiger partial charge in [0.1, 0.15) is 11.6 Å². The Morgan fingerprint density at radius 1 is 1.08 bits per heavy atom. The quantitative estimate of drug-likeness (QED) is 0.784. The minimum absolute atomic E-state index is 0.182. The van der Waals surface area contributed by atoms with Crippen LogP contribution in [0.15, 0.2) is 54.6 Å². The van der Waals surface area contributed by atoms with Gasteiger partial charge in [-0.05, 0) is 36.4 Å². The van der Waals surface area contributed by atoms with E-state index < -0.39 is 0 Å². The van der Waals surface area contributed by atoms with Crippen molar-refractivity contribution >= 4 is 23.5 Å². The number of fused-ring (bicyclic) bond motifs is 1. The van der Waals surface area contributed by atoms with E-state index in [1.165, 1.54) is 12.1 Å². The van der Waals surface area contributed by atoms with E-state index in [1.54, 1.807) is 40.7 Å². The zero-order valence-electron chi connectivity index (χ0n) is 12.7. The molecule has 4 rings (SSSR count). The van der Waals surface area contributed by atoms with Crippen molar-refractivity contribution in [3.05, 3.63) is 77.2 Å². The minimum atomic E-state index is -0.302. The van der Waals surface area contributed by atoms with Gasteiger partial charge in [0, 0.05) is 22.6 Å². The molecule has 1 aliphatic rings. The van der Waals surface area contributed by atoms with Crippen LogP contribution in [0.2, 0.25) is 0 Å². The fourth-order valence-electron chi connectivity index (χ4n) is 2.68. The highest BCUT2D eigenvalue weighted by atomic mass is 32.2. The van der Waals surface area contributed by atoms with E-state index >= 15 is 0 Å². The van der Waals surface area contributed by atoms with Crippen molar-refractivity contribution in [2.45, 2.75) is 11.5 Å². The van der Waals surface area contributed by atoms with Gasteiger partial charge >= 0.3 is 0 Å². The number of carbonyl (C=O) groups is 1. The number of anilines is 1. The van der Waals surface area contributed by atoms with Crippen molar-refractivity contribution in [3.8, 4) is 5.69 Å². The Balaban J connectivity index is 1.74. The summed E-state index contributed by atoms with van der Waals surface area (Å²) in [4.78, 5) is 12.5. The number of benzene rings is 2. The second-order valence-corrected chi connectivity index (χ2v) is 6.46. The van der Waals surface area contributed by atoms with Crippen molar-refractivity contribution in [3.63, 3.8) is 0 Å². The molecule has 0 saturated carbocycles. The number of nitrogens with one attached hydrogen (secondary N) is 1. The van der Waals surface area contributed by atoms with Crippen LogP contribution >= 0.6 is 11.8 Å². The first kappa shape index (κ1) is 15.0. The molecule has 0 saturated heterocycles. The zero-order valence-corrected chi connectivity index (χ0v) is 13.5. The lowest BCUT2D eigenvalue weighted by Gasteiger charge is -2.11. The standard InChI is InChI=1S/C18H14FN3OS/c19-13-6-8-14(9-7-13)22-17(15-10-24-11-16(15)21-22)20-18(23)12-4-2-1-3-5-12/h1-9H,10-11H2,(H,20,23).